The van der Waals surface area contributed by atoms with Gasteiger partial charge in [0.2, 0.25) is 0 Å². The molecule has 0 saturated heterocycles. The molecule has 1 aromatic carbocycles. The molecule has 0 radical (unpaired) electrons. The van der Waals surface area contributed by atoms with E-state index in [0.29, 0.717) is 18.4 Å². The summed E-state index contributed by atoms with van der Waals surface area (Å²) in [6, 6.07) is 5.95. The number of ether oxygens (including phenoxy) is 1. The third kappa shape index (κ3) is 2.48. The molecule has 3 rings (SSSR count). The Balaban J connectivity index is 0.00000133. The summed E-state index contributed by atoms with van der Waals surface area (Å²) in [5, 5.41) is 1.15. The highest BCUT2D eigenvalue weighted by atomic mass is 35.5. The predicted molar refractivity (Wildman–Crippen MR) is 79.1 cm³/mol. The lowest BCUT2D eigenvalue weighted by molar-refractivity contribution is 0.359. The molecule has 0 amide bonds. The molecule has 1 saturated carbocycles. The number of hydrogen-bond donors (Lipinski definition) is 1. The van der Waals surface area contributed by atoms with E-state index < -0.39 is 0 Å². The van der Waals surface area contributed by atoms with Gasteiger partial charge in [0.25, 0.3) is 0 Å². The van der Waals surface area contributed by atoms with Crippen LogP contribution in [0, 0.1) is 5.92 Å². The summed E-state index contributed by atoms with van der Waals surface area (Å²) >= 11 is 0. The van der Waals surface area contributed by atoms with Gasteiger partial charge in [0.15, 0.2) is 0 Å². The van der Waals surface area contributed by atoms with Gasteiger partial charge in [-0.2, -0.15) is 0 Å². The van der Waals surface area contributed by atoms with Crippen molar-refractivity contribution in [2.45, 2.75) is 12.3 Å². The van der Waals surface area contributed by atoms with Crippen LogP contribution in [-0.2, 0) is 0 Å². The van der Waals surface area contributed by atoms with Crippen molar-refractivity contribution in [1.29, 1.82) is 0 Å². The summed E-state index contributed by atoms with van der Waals surface area (Å²) in [5.41, 5.74) is 7.91. The largest absolute Gasteiger partial charge is 0.489 e. The summed E-state index contributed by atoms with van der Waals surface area (Å²) in [6.07, 6.45) is 4.63. The monoisotopic (exact) mass is 279 g/mol. The van der Waals surface area contributed by atoms with Gasteiger partial charge in [-0.15, -0.1) is 12.4 Å². The number of nitrogens with two attached hydrogens (primary N) is 1. The Morgan fingerprint density at radius 1 is 1.42 bits per heavy atom. The van der Waals surface area contributed by atoms with Crippen molar-refractivity contribution in [3.63, 3.8) is 0 Å². The lowest BCUT2D eigenvalue weighted by Crippen LogP contribution is -2.03. The van der Waals surface area contributed by atoms with E-state index in [4.69, 9.17) is 14.9 Å². The van der Waals surface area contributed by atoms with Gasteiger partial charge in [-0.1, -0.05) is 12.7 Å². The Labute approximate surface area is 118 Å². The van der Waals surface area contributed by atoms with Crippen molar-refractivity contribution in [3.05, 3.63) is 42.7 Å². The van der Waals surface area contributed by atoms with Crippen molar-refractivity contribution >= 4 is 23.4 Å². The second kappa shape index (κ2) is 5.68. The van der Waals surface area contributed by atoms with Crippen LogP contribution < -0.4 is 10.5 Å². The maximum atomic E-state index is 5.76. The Morgan fingerprint density at radius 2 is 2.26 bits per heavy atom. The molecule has 19 heavy (non-hydrogen) atoms. The fraction of sp³-hybridized carbons (Fsp3) is 0.333. The summed E-state index contributed by atoms with van der Waals surface area (Å²) in [4.78, 5) is 0. The number of hydrogen-bond acceptors (Lipinski definition) is 3. The molecular formula is C15H18ClNO2. The number of benzene rings is 1. The van der Waals surface area contributed by atoms with Gasteiger partial charge in [-0.05, 0) is 43.0 Å². The first kappa shape index (κ1) is 14.0. The van der Waals surface area contributed by atoms with Crippen molar-refractivity contribution in [1.82, 2.24) is 0 Å². The molecule has 2 N–H and O–H groups in total. The van der Waals surface area contributed by atoms with Gasteiger partial charge in [0.1, 0.15) is 17.9 Å². The highest BCUT2D eigenvalue weighted by Crippen LogP contribution is 2.52. The predicted octanol–water partition coefficient (Wildman–Crippen LogP) is 3.48. The third-order valence-electron chi connectivity index (χ3n) is 3.59. The van der Waals surface area contributed by atoms with Crippen LogP contribution in [0.1, 0.15) is 17.9 Å². The summed E-state index contributed by atoms with van der Waals surface area (Å²) in [6.45, 7) is 4.95. The van der Waals surface area contributed by atoms with Crippen molar-refractivity contribution in [2.75, 3.05) is 13.2 Å². The lowest BCUT2D eigenvalue weighted by atomic mass is 10.0. The maximum Gasteiger partial charge on any atom is 0.134 e. The molecule has 2 atom stereocenters. The zero-order valence-corrected chi connectivity index (χ0v) is 11.5. The zero-order valence-electron chi connectivity index (χ0n) is 10.7. The van der Waals surface area contributed by atoms with E-state index in [2.05, 4.69) is 6.58 Å². The van der Waals surface area contributed by atoms with Gasteiger partial charge in [0.05, 0.1) is 6.26 Å². The molecule has 1 aliphatic carbocycles. The number of halogens is 1. The first-order valence-corrected chi connectivity index (χ1v) is 6.29. The Kier molecular flexibility index (Phi) is 4.17. The maximum absolute atomic E-state index is 5.76. The minimum atomic E-state index is 0. The Morgan fingerprint density at radius 3 is 2.95 bits per heavy atom. The van der Waals surface area contributed by atoms with Crippen LogP contribution in [0.25, 0.3) is 11.0 Å². The fourth-order valence-electron chi connectivity index (χ4n) is 2.57. The molecule has 1 heterocycles. The van der Waals surface area contributed by atoms with E-state index in [-0.39, 0.29) is 12.4 Å². The highest BCUT2D eigenvalue weighted by molar-refractivity contribution is 5.85. The molecule has 1 aromatic heterocycles. The van der Waals surface area contributed by atoms with Gasteiger partial charge < -0.3 is 14.9 Å². The quantitative estimate of drug-likeness (QED) is 0.853. The molecule has 102 valence electrons. The average molecular weight is 280 g/mol. The minimum Gasteiger partial charge on any atom is -0.489 e. The van der Waals surface area contributed by atoms with E-state index in [1.807, 2.05) is 18.2 Å². The Hall–Kier alpha value is -1.45. The first-order chi connectivity index (χ1) is 8.85. The molecule has 2 aromatic rings. The van der Waals surface area contributed by atoms with Gasteiger partial charge in [0, 0.05) is 10.9 Å². The topological polar surface area (TPSA) is 48.4 Å². The van der Waals surface area contributed by atoms with Crippen molar-refractivity contribution in [3.8, 4) is 5.75 Å². The van der Waals surface area contributed by atoms with Crippen LogP contribution in [0.2, 0.25) is 0 Å². The fourth-order valence-corrected chi connectivity index (χ4v) is 2.57. The minimum absolute atomic E-state index is 0. The molecule has 1 fully saturated rings. The number of fused-ring (bicyclic) bond motifs is 1. The molecule has 0 unspecified atom stereocenters. The Bertz CT molecular complexity index is 579. The molecule has 0 bridgehead atoms. The second-order valence-electron chi connectivity index (χ2n) is 4.75. The van der Waals surface area contributed by atoms with Crippen LogP contribution in [-0.4, -0.2) is 13.2 Å². The molecule has 3 nitrogen and oxygen atoms in total. The average Bonchev–Trinajstić information content (AvgIpc) is 3.02. The summed E-state index contributed by atoms with van der Waals surface area (Å²) in [7, 11) is 0. The van der Waals surface area contributed by atoms with E-state index in [0.717, 1.165) is 29.7 Å². The van der Waals surface area contributed by atoms with Crippen LogP contribution >= 0.6 is 12.4 Å². The van der Waals surface area contributed by atoms with Crippen molar-refractivity contribution < 1.29 is 9.15 Å². The van der Waals surface area contributed by atoms with E-state index in [1.165, 1.54) is 5.56 Å². The SMILES string of the molecule is C=CCOc1ccc2occc2c1[C@@H]1C[C@H]1CN.Cl. The van der Waals surface area contributed by atoms with Crippen LogP contribution in [0.3, 0.4) is 0 Å². The second-order valence-corrected chi connectivity index (χ2v) is 4.75. The molecule has 0 spiro atoms. The van der Waals surface area contributed by atoms with Crippen molar-refractivity contribution in [2.24, 2.45) is 11.7 Å². The first-order valence-electron chi connectivity index (χ1n) is 6.29. The standard InChI is InChI=1S/C15H17NO2.ClH/c1-2-6-17-14-4-3-13-11(5-7-18-13)15(14)12-8-10(12)9-16;/h2-5,7,10,12H,1,6,8-9,16H2;1H/t10-,12+;/m0./s1. The van der Waals surface area contributed by atoms with E-state index in [1.54, 1.807) is 12.3 Å². The highest BCUT2D eigenvalue weighted by Gasteiger charge is 2.40. The molecule has 1 aliphatic rings. The van der Waals surface area contributed by atoms with Crippen LogP contribution in [0.4, 0.5) is 0 Å². The van der Waals surface area contributed by atoms with Crippen LogP contribution in [0.5, 0.6) is 5.75 Å². The molecule has 4 heteroatoms. The smallest absolute Gasteiger partial charge is 0.134 e. The van der Waals surface area contributed by atoms with E-state index >= 15 is 0 Å². The number of furan rings is 1. The normalized spacial score (nSPS) is 20.9. The van der Waals surface area contributed by atoms with Crippen LogP contribution in [0.15, 0.2) is 41.5 Å². The van der Waals surface area contributed by atoms with Gasteiger partial charge >= 0.3 is 0 Å². The number of rotatable bonds is 5. The molecule has 0 aliphatic heterocycles. The third-order valence-corrected chi connectivity index (χ3v) is 3.59. The molecular weight excluding hydrogens is 262 g/mol. The van der Waals surface area contributed by atoms with Gasteiger partial charge in [-0.25, -0.2) is 0 Å². The summed E-state index contributed by atoms with van der Waals surface area (Å²) < 4.78 is 11.2. The zero-order chi connectivity index (χ0) is 12.5. The lowest BCUT2D eigenvalue weighted by Gasteiger charge is -2.11. The van der Waals surface area contributed by atoms with E-state index in [9.17, 15) is 0 Å². The summed E-state index contributed by atoms with van der Waals surface area (Å²) in [5.74, 6) is 2.03. The van der Waals surface area contributed by atoms with Gasteiger partial charge in [-0.3, -0.25) is 0 Å².